The first-order chi connectivity index (χ1) is 19.0. The zero-order valence-corrected chi connectivity index (χ0v) is 22.0. The lowest BCUT2D eigenvalue weighted by Crippen LogP contribution is -2.37. The molecule has 0 aliphatic carbocycles. The van der Waals surface area contributed by atoms with Crippen LogP contribution in [0.3, 0.4) is 0 Å². The van der Waals surface area contributed by atoms with Gasteiger partial charge in [-0.15, -0.1) is 10.2 Å². The lowest BCUT2D eigenvalue weighted by atomic mass is 10.2. The number of alkyl halides is 3. The number of para-hydroxylation sites is 1. The van der Waals surface area contributed by atoms with Gasteiger partial charge in [0.05, 0.1) is 23.3 Å². The maximum absolute atomic E-state index is 13.2. The van der Waals surface area contributed by atoms with Crippen LogP contribution in [0.4, 0.5) is 19.1 Å². The molecule has 1 unspecified atom stereocenters. The molecule has 1 aliphatic rings. The number of aliphatic hydroxyl groups is 1. The summed E-state index contributed by atoms with van der Waals surface area (Å²) in [6.07, 6.45) is -7.55. The van der Waals surface area contributed by atoms with Gasteiger partial charge in [-0.25, -0.2) is 9.48 Å². The number of amides is 1. The zero-order valence-electron chi connectivity index (χ0n) is 20.4. The normalized spacial score (nSPS) is 16.2. The average Bonchev–Trinajstić information content (AvgIpc) is 3.58. The SMILES string of the molecule is O=C1CC(Nc2nc(Cn3nc(-c4ccc(Cl)cc4)n(C[C@H](O)C(F)(F)F)c3=O)nn2-c2ccccc2Cl)CN1. The van der Waals surface area contributed by atoms with E-state index in [1.807, 2.05) is 0 Å². The Morgan fingerprint density at radius 2 is 1.82 bits per heavy atom. The lowest BCUT2D eigenvalue weighted by Gasteiger charge is -2.15. The number of carbonyl (C=O) groups is 1. The highest BCUT2D eigenvalue weighted by molar-refractivity contribution is 6.32. The number of nitrogens with zero attached hydrogens (tertiary/aromatic N) is 6. The van der Waals surface area contributed by atoms with Gasteiger partial charge < -0.3 is 15.7 Å². The molecule has 2 aromatic heterocycles. The Kier molecular flexibility index (Phi) is 7.57. The lowest BCUT2D eigenvalue weighted by molar-refractivity contribution is -0.207. The maximum Gasteiger partial charge on any atom is 0.416 e. The van der Waals surface area contributed by atoms with Crippen molar-refractivity contribution in [3.8, 4) is 17.1 Å². The summed E-state index contributed by atoms with van der Waals surface area (Å²) in [5.74, 6) is 0.0896. The summed E-state index contributed by atoms with van der Waals surface area (Å²) in [7, 11) is 0. The summed E-state index contributed by atoms with van der Waals surface area (Å²) in [4.78, 5) is 29.4. The summed E-state index contributed by atoms with van der Waals surface area (Å²) < 4.78 is 42.5. The van der Waals surface area contributed by atoms with Crippen LogP contribution < -0.4 is 16.3 Å². The molecule has 1 amide bonds. The van der Waals surface area contributed by atoms with E-state index in [-0.39, 0.29) is 42.5 Å². The van der Waals surface area contributed by atoms with Crippen LogP contribution >= 0.6 is 23.2 Å². The first kappa shape index (κ1) is 27.7. The van der Waals surface area contributed by atoms with Crippen LogP contribution in [0.5, 0.6) is 0 Å². The van der Waals surface area contributed by atoms with E-state index in [1.165, 1.54) is 28.9 Å². The number of hydrogen-bond donors (Lipinski definition) is 3. The number of benzene rings is 2. The maximum atomic E-state index is 13.2. The van der Waals surface area contributed by atoms with Crippen LogP contribution in [0.25, 0.3) is 17.1 Å². The summed E-state index contributed by atoms with van der Waals surface area (Å²) in [5.41, 5.74) is -0.136. The molecule has 0 radical (unpaired) electrons. The van der Waals surface area contributed by atoms with Gasteiger partial charge in [0.15, 0.2) is 17.8 Å². The Labute approximate surface area is 234 Å². The second-order valence-electron chi connectivity index (χ2n) is 9.00. The van der Waals surface area contributed by atoms with E-state index in [2.05, 4.69) is 25.8 Å². The zero-order chi connectivity index (χ0) is 28.6. The second-order valence-corrected chi connectivity index (χ2v) is 9.85. The summed E-state index contributed by atoms with van der Waals surface area (Å²) >= 11 is 12.3. The summed E-state index contributed by atoms with van der Waals surface area (Å²) in [6, 6.07) is 12.5. The molecule has 0 saturated carbocycles. The molecule has 2 atom stereocenters. The van der Waals surface area contributed by atoms with Crippen LogP contribution in [0.15, 0.2) is 53.3 Å². The Morgan fingerprint density at radius 1 is 1.10 bits per heavy atom. The van der Waals surface area contributed by atoms with Crippen molar-refractivity contribution >= 4 is 35.1 Å². The largest absolute Gasteiger partial charge is 0.416 e. The minimum Gasteiger partial charge on any atom is -0.382 e. The van der Waals surface area contributed by atoms with Crippen molar-refractivity contribution in [2.24, 2.45) is 0 Å². The fraction of sp³-hybridized carbons (Fsp3) is 0.292. The molecular weight excluding hydrogens is 576 g/mol. The average molecular weight is 597 g/mol. The Morgan fingerprint density at radius 3 is 2.48 bits per heavy atom. The van der Waals surface area contributed by atoms with Gasteiger partial charge in [-0.1, -0.05) is 35.3 Å². The van der Waals surface area contributed by atoms with Gasteiger partial charge in [-0.2, -0.15) is 22.8 Å². The number of rotatable bonds is 8. The van der Waals surface area contributed by atoms with Crippen molar-refractivity contribution in [2.75, 3.05) is 11.9 Å². The molecule has 0 spiro atoms. The predicted molar refractivity (Wildman–Crippen MR) is 140 cm³/mol. The van der Waals surface area contributed by atoms with E-state index in [0.29, 0.717) is 27.8 Å². The number of hydrogen-bond acceptors (Lipinski definition) is 7. The van der Waals surface area contributed by atoms with Crippen LogP contribution in [0, 0.1) is 0 Å². The third-order valence-electron chi connectivity index (χ3n) is 6.09. The molecule has 1 fully saturated rings. The number of halogens is 5. The minimum absolute atomic E-state index is 0.0884. The number of carbonyl (C=O) groups excluding carboxylic acids is 1. The first-order valence-corrected chi connectivity index (χ1v) is 12.7. The monoisotopic (exact) mass is 596 g/mol. The van der Waals surface area contributed by atoms with Gasteiger partial charge in [0.25, 0.3) is 0 Å². The second kappa shape index (κ2) is 10.9. The topological polar surface area (TPSA) is 132 Å². The molecule has 4 aromatic rings. The number of aromatic nitrogens is 6. The molecule has 210 valence electrons. The van der Waals surface area contributed by atoms with E-state index in [1.54, 1.807) is 24.3 Å². The molecule has 5 rings (SSSR count). The molecule has 40 heavy (non-hydrogen) atoms. The number of nitrogens with one attached hydrogen (secondary N) is 2. The van der Waals surface area contributed by atoms with E-state index < -0.39 is 24.5 Å². The Balaban J connectivity index is 1.54. The fourth-order valence-electron chi connectivity index (χ4n) is 4.13. The third-order valence-corrected chi connectivity index (χ3v) is 6.66. The van der Waals surface area contributed by atoms with Crippen molar-refractivity contribution in [3.05, 3.63) is 74.9 Å². The molecule has 2 aromatic carbocycles. The molecule has 3 N–H and O–H groups in total. The molecule has 1 saturated heterocycles. The van der Waals surface area contributed by atoms with Crippen molar-refractivity contribution in [2.45, 2.75) is 37.8 Å². The van der Waals surface area contributed by atoms with E-state index in [0.717, 1.165) is 9.25 Å². The molecule has 0 bridgehead atoms. The van der Waals surface area contributed by atoms with E-state index in [4.69, 9.17) is 23.2 Å². The van der Waals surface area contributed by atoms with Gasteiger partial charge in [0, 0.05) is 23.6 Å². The highest BCUT2D eigenvalue weighted by atomic mass is 35.5. The molecule has 11 nitrogen and oxygen atoms in total. The van der Waals surface area contributed by atoms with Gasteiger partial charge >= 0.3 is 11.9 Å². The van der Waals surface area contributed by atoms with Gasteiger partial charge in [0.2, 0.25) is 11.9 Å². The highest BCUT2D eigenvalue weighted by Gasteiger charge is 2.39. The fourth-order valence-corrected chi connectivity index (χ4v) is 4.47. The predicted octanol–water partition coefficient (Wildman–Crippen LogP) is 2.87. The van der Waals surface area contributed by atoms with Gasteiger partial charge in [-0.05, 0) is 36.4 Å². The quantitative estimate of drug-likeness (QED) is 0.285. The van der Waals surface area contributed by atoms with Crippen molar-refractivity contribution < 1.29 is 23.1 Å². The summed E-state index contributed by atoms with van der Waals surface area (Å²) in [6.45, 7) is -1.03. The molecule has 16 heteroatoms. The third kappa shape index (κ3) is 5.83. The van der Waals surface area contributed by atoms with Gasteiger partial charge in [-0.3, -0.25) is 9.36 Å². The number of anilines is 1. The van der Waals surface area contributed by atoms with Gasteiger partial charge in [0.1, 0.15) is 6.54 Å². The van der Waals surface area contributed by atoms with Crippen molar-refractivity contribution in [3.63, 3.8) is 0 Å². The van der Waals surface area contributed by atoms with Crippen molar-refractivity contribution in [1.82, 2.24) is 34.4 Å². The number of aliphatic hydroxyl groups excluding tert-OH is 1. The Hall–Kier alpha value is -3.88. The molecule has 3 heterocycles. The summed E-state index contributed by atoms with van der Waals surface area (Å²) in [5, 5.41) is 25.0. The van der Waals surface area contributed by atoms with Crippen LogP contribution in [0.2, 0.25) is 10.0 Å². The molecular formula is C24H21Cl2F3N8O3. The first-order valence-electron chi connectivity index (χ1n) is 11.9. The van der Waals surface area contributed by atoms with Crippen LogP contribution in [-0.4, -0.2) is 65.0 Å². The Bertz CT molecular complexity index is 1600. The standard InChI is InChI=1S/C24H21Cl2F3N8O3/c25-14-7-5-13(6-8-14)21-34-36(23(40)35(21)11-18(38)24(27,28)29)12-19-32-22(31-15-9-20(39)30-10-15)37(33-19)17-4-2-1-3-16(17)26/h1-8,15,18,38H,9-12H2,(H,30,39)(H,31,32,33)/t15?,18-/m0/s1. The molecule has 1 aliphatic heterocycles. The van der Waals surface area contributed by atoms with Crippen LogP contribution in [0.1, 0.15) is 12.2 Å². The van der Waals surface area contributed by atoms with Crippen molar-refractivity contribution in [1.29, 1.82) is 0 Å². The smallest absolute Gasteiger partial charge is 0.382 e. The van der Waals surface area contributed by atoms with E-state index >= 15 is 0 Å². The minimum atomic E-state index is -4.95. The van der Waals surface area contributed by atoms with Crippen LogP contribution in [-0.2, 0) is 17.9 Å². The highest BCUT2D eigenvalue weighted by Crippen LogP contribution is 2.26. The van der Waals surface area contributed by atoms with E-state index in [9.17, 15) is 27.9 Å².